The molecule has 6 rings (SSSR count). The minimum Gasteiger partial charge on any atom is -0.481 e. The number of hydrogen-bond acceptors (Lipinski definition) is 9. The third-order valence-corrected chi connectivity index (χ3v) is 7.36. The molecule has 0 saturated carbocycles. The molecule has 204 valence electrons. The van der Waals surface area contributed by atoms with Gasteiger partial charge in [-0.15, -0.1) is 0 Å². The number of H-pyrrole nitrogens is 1. The molecule has 1 saturated heterocycles. The normalized spacial score (nSPS) is 17.8. The van der Waals surface area contributed by atoms with Crippen molar-refractivity contribution in [1.82, 2.24) is 35.0 Å². The van der Waals surface area contributed by atoms with Gasteiger partial charge in [0.15, 0.2) is 11.6 Å². The van der Waals surface area contributed by atoms with Crippen LogP contribution in [0.25, 0.3) is 22.3 Å². The summed E-state index contributed by atoms with van der Waals surface area (Å²) in [5.74, 6) is 3.64. The van der Waals surface area contributed by atoms with Gasteiger partial charge in [0.25, 0.3) is 0 Å². The Kier molecular flexibility index (Phi) is 7.00. The van der Waals surface area contributed by atoms with Gasteiger partial charge < -0.3 is 15.0 Å². The zero-order valence-corrected chi connectivity index (χ0v) is 23.2. The summed E-state index contributed by atoms with van der Waals surface area (Å²) >= 11 is 0. The summed E-state index contributed by atoms with van der Waals surface area (Å²) in [6.45, 7) is 9.15. The lowest BCUT2D eigenvalue weighted by Gasteiger charge is -2.45. The van der Waals surface area contributed by atoms with Crippen molar-refractivity contribution in [3.05, 3.63) is 78.2 Å². The molecule has 0 radical (unpaired) electrons. The average molecular weight is 536 g/mol. The molecule has 1 aliphatic heterocycles. The van der Waals surface area contributed by atoms with Crippen LogP contribution in [-0.2, 0) is 6.54 Å². The number of pyridine rings is 2. The molecule has 2 atom stereocenters. The Bertz CT molecular complexity index is 1590. The third kappa shape index (κ3) is 5.30. The highest BCUT2D eigenvalue weighted by atomic mass is 16.5. The summed E-state index contributed by atoms with van der Waals surface area (Å²) in [5.41, 5.74) is 3.88. The molecule has 0 spiro atoms. The van der Waals surface area contributed by atoms with E-state index in [9.17, 15) is 0 Å². The molecule has 0 amide bonds. The summed E-state index contributed by atoms with van der Waals surface area (Å²) in [6.07, 6.45) is 3.77. The highest BCUT2D eigenvalue weighted by Crippen LogP contribution is 2.28. The second kappa shape index (κ2) is 10.9. The Balaban J connectivity index is 1.19. The van der Waals surface area contributed by atoms with Gasteiger partial charge in [-0.3, -0.25) is 10.00 Å². The van der Waals surface area contributed by atoms with Gasteiger partial charge in [-0.2, -0.15) is 5.10 Å². The number of para-hydroxylation sites is 1. The number of aromatic nitrogens is 6. The molecule has 1 fully saturated rings. The van der Waals surface area contributed by atoms with Crippen LogP contribution in [0.3, 0.4) is 0 Å². The molecule has 10 nitrogen and oxygen atoms in total. The molecule has 1 aliphatic rings. The second-order valence-electron chi connectivity index (χ2n) is 10.4. The van der Waals surface area contributed by atoms with Crippen LogP contribution in [0.15, 0.2) is 67.0 Å². The molecule has 5 heterocycles. The number of nitrogens with one attached hydrogen (secondary N) is 2. The van der Waals surface area contributed by atoms with Crippen molar-refractivity contribution in [2.75, 3.05) is 30.4 Å². The van der Waals surface area contributed by atoms with Gasteiger partial charge in [-0.1, -0.05) is 18.2 Å². The fourth-order valence-electron chi connectivity index (χ4n) is 5.30. The summed E-state index contributed by atoms with van der Waals surface area (Å²) < 4.78 is 5.20. The molecule has 10 heteroatoms. The van der Waals surface area contributed by atoms with E-state index in [0.717, 1.165) is 47.6 Å². The van der Waals surface area contributed by atoms with Crippen LogP contribution in [0, 0.1) is 6.92 Å². The van der Waals surface area contributed by atoms with Crippen LogP contribution < -0.4 is 15.0 Å². The SMILES string of the molecule is COc1ccc(CN2[C@H](C)CN(c3ccc(-c4nc(Nc5cc(C)[nH]n5)c5ccccc5n4)cn3)C[C@@H]2C)cn1. The number of aromatic amines is 1. The fraction of sp³-hybridized carbons (Fsp3) is 0.300. The average Bonchev–Trinajstić information content (AvgIpc) is 3.39. The van der Waals surface area contributed by atoms with Crippen LogP contribution >= 0.6 is 0 Å². The van der Waals surface area contributed by atoms with E-state index in [2.05, 4.69) is 62.3 Å². The minimum absolute atomic E-state index is 0.357. The molecule has 4 aromatic heterocycles. The van der Waals surface area contributed by atoms with E-state index in [0.29, 0.717) is 35.4 Å². The van der Waals surface area contributed by atoms with E-state index >= 15 is 0 Å². The molecule has 5 aromatic rings. The van der Waals surface area contributed by atoms with E-state index < -0.39 is 0 Å². The van der Waals surface area contributed by atoms with Crippen LogP contribution in [0.4, 0.5) is 17.5 Å². The number of anilines is 3. The number of hydrogen-bond donors (Lipinski definition) is 2. The molecule has 0 bridgehead atoms. The summed E-state index contributed by atoms with van der Waals surface area (Å²) in [6, 6.07) is 18.8. The second-order valence-corrected chi connectivity index (χ2v) is 10.4. The molecular weight excluding hydrogens is 502 g/mol. The monoisotopic (exact) mass is 535 g/mol. The number of nitrogens with zero attached hydrogens (tertiary/aromatic N) is 7. The summed E-state index contributed by atoms with van der Waals surface area (Å²) in [4.78, 5) is 23.8. The fourth-order valence-corrected chi connectivity index (χ4v) is 5.30. The maximum atomic E-state index is 5.20. The van der Waals surface area contributed by atoms with Crippen molar-refractivity contribution < 1.29 is 4.74 Å². The molecule has 40 heavy (non-hydrogen) atoms. The Labute approximate surface area is 233 Å². The van der Waals surface area contributed by atoms with E-state index in [4.69, 9.17) is 19.7 Å². The van der Waals surface area contributed by atoms with Crippen molar-refractivity contribution in [1.29, 1.82) is 0 Å². The first-order chi connectivity index (χ1) is 19.5. The standard InChI is InChI=1S/C30H33N9O/c1-19-13-26(37-36-19)34-30-24-7-5-6-8-25(24)33-29(35-30)23-10-11-27(31-15-23)38-16-20(2)39(21(3)17-38)18-22-9-12-28(40-4)32-14-22/h5-15,20-21H,16-18H2,1-4H3,(H2,33,34,35,36,37)/t20-,21+. The maximum Gasteiger partial charge on any atom is 0.212 e. The quantitative estimate of drug-likeness (QED) is 0.299. The van der Waals surface area contributed by atoms with E-state index in [1.165, 1.54) is 5.56 Å². The number of piperazine rings is 1. The van der Waals surface area contributed by atoms with Gasteiger partial charge in [0.1, 0.15) is 11.6 Å². The number of methoxy groups -OCH3 is 1. The molecule has 0 aliphatic carbocycles. The van der Waals surface area contributed by atoms with Crippen LogP contribution in [0.2, 0.25) is 0 Å². The van der Waals surface area contributed by atoms with Crippen LogP contribution in [0.1, 0.15) is 25.1 Å². The Morgan fingerprint density at radius 2 is 1.80 bits per heavy atom. The third-order valence-electron chi connectivity index (χ3n) is 7.36. The number of aryl methyl sites for hydroxylation is 1. The number of fused-ring (bicyclic) bond motifs is 1. The Hall–Kier alpha value is -4.57. The van der Waals surface area contributed by atoms with Gasteiger partial charge in [0.2, 0.25) is 5.88 Å². The predicted octanol–water partition coefficient (Wildman–Crippen LogP) is 4.97. The van der Waals surface area contributed by atoms with Gasteiger partial charge >= 0.3 is 0 Å². The van der Waals surface area contributed by atoms with E-state index in [1.54, 1.807) is 7.11 Å². The zero-order valence-electron chi connectivity index (χ0n) is 23.2. The first-order valence-electron chi connectivity index (χ1n) is 13.5. The van der Waals surface area contributed by atoms with Crippen molar-refractivity contribution in [2.24, 2.45) is 0 Å². The van der Waals surface area contributed by atoms with E-state index in [1.807, 2.05) is 55.7 Å². The molecule has 2 N–H and O–H groups in total. The first-order valence-corrected chi connectivity index (χ1v) is 13.5. The highest BCUT2D eigenvalue weighted by Gasteiger charge is 2.30. The molecular formula is C30H33N9O. The lowest BCUT2D eigenvalue weighted by atomic mass is 10.1. The Morgan fingerprint density at radius 3 is 2.48 bits per heavy atom. The van der Waals surface area contributed by atoms with Crippen molar-refractivity contribution in [2.45, 2.75) is 39.4 Å². The van der Waals surface area contributed by atoms with E-state index in [-0.39, 0.29) is 0 Å². The summed E-state index contributed by atoms with van der Waals surface area (Å²) in [7, 11) is 1.64. The number of ether oxygens (including phenoxy) is 1. The van der Waals surface area contributed by atoms with Crippen LogP contribution in [-0.4, -0.2) is 67.3 Å². The largest absolute Gasteiger partial charge is 0.481 e. The molecule has 0 unspecified atom stereocenters. The zero-order chi connectivity index (χ0) is 27.6. The van der Waals surface area contributed by atoms with Gasteiger partial charge in [-0.25, -0.2) is 19.9 Å². The molecule has 1 aromatic carbocycles. The maximum absolute atomic E-state index is 5.20. The van der Waals surface area contributed by atoms with Crippen molar-refractivity contribution in [3.8, 4) is 17.3 Å². The summed E-state index contributed by atoms with van der Waals surface area (Å²) in [5, 5.41) is 11.5. The Morgan fingerprint density at radius 1 is 0.975 bits per heavy atom. The van der Waals surface area contributed by atoms with Crippen molar-refractivity contribution >= 4 is 28.4 Å². The van der Waals surface area contributed by atoms with Crippen molar-refractivity contribution in [3.63, 3.8) is 0 Å². The van der Waals surface area contributed by atoms with Gasteiger partial charge in [-0.05, 0) is 50.6 Å². The lowest BCUT2D eigenvalue weighted by molar-refractivity contribution is 0.122. The number of rotatable bonds is 7. The van der Waals surface area contributed by atoms with Crippen LogP contribution in [0.5, 0.6) is 5.88 Å². The number of benzene rings is 1. The van der Waals surface area contributed by atoms with Gasteiger partial charge in [0.05, 0.1) is 12.6 Å². The van der Waals surface area contributed by atoms with Gasteiger partial charge in [0, 0.05) is 72.9 Å². The topological polar surface area (TPSA) is 108 Å². The smallest absolute Gasteiger partial charge is 0.212 e. The lowest BCUT2D eigenvalue weighted by Crippen LogP contribution is -2.56. The minimum atomic E-state index is 0.357. The highest BCUT2D eigenvalue weighted by molar-refractivity contribution is 5.91. The predicted molar refractivity (Wildman–Crippen MR) is 157 cm³/mol. The first kappa shape index (κ1) is 25.7.